The minimum absolute atomic E-state index is 0.227. The molecule has 1 aliphatic heterocycles. The monoisotopic (exact) mass is 363 g/mol. The SMILES string of the molecule is CC(C)(C)OC(=O)c1cccc2c1C(=O)OC2.CCCCC(C)C(=O)[O-]. The number of carbonyl (C=O) groups excluding carboxylic acids is 3. The number of hydrogen-bond donors (Lipinski definition) is 0. The van der Waals surface area contributed by atoms with Crippen molar-refractivity contribution in [1.82, 2.24) is 0 Å². The highest BCUT2D eigenvalue weighted by Crippen LogP contribution is 2.25. The second-order valence-electron chi connectivity index (χ2n) is 7.28. The first-order valence-electron chi connectivity index (χ1n) is 8.80. The maximum atomic E-state index is 11.9. The fourth-order valence-electron chi connectivity index (χ4n) is 2.31. The number of hydrogen-bond acceptors (Lipinski definition) is 6. The quantitative estimate of drug-likeness (QED) is 0.747. The number of benzene rings is 1. The van der Waals surface area contributed by atoms with E-state index in [-0.39, 0.29) is 18.1 Å². The maximum absolute atomic E-state index is 11.9. The second-order valence-corrected chi connectivity index (χ2v) is 7.28. The molecule has 2 rings (SSSR count). The van der Waals surface area contributed by atoms with Crippen molar-refractivity contribution in [2.75, 3.05) is 0 Å². The minimum atomic E-state index is -0.927. The molecule has 6 heteroatoms. The highest BCUT2D eigenvalue weighted by Gasteiger charge is 2.29. The molecular weight excluding hydrogens is 336 g/mol. The van der Waals surface area contributed by atoms with Crippen LogP contribution < -0.4 is 5.11 Å². The van der Waals surface area contributed by atoms with Gasteiger partial charge in [0, 0.05) is 11.5 Å². The van der Waals surface area contributed by atoms with E-state index in [9.17, 15) is 19.5 Å². The van der Waals surface area contributed by atoms with E-state index in [1.165, 1.54) is 0 Å². The largest absolute Gasteiger partial charge is 0.550 e. The number of fused-ring (bicyclic) bond motifs is 1. The molecule has 0 bridgehead atoms. The van der Waals surface area contributed by atoms with E-state index in [2.05, 4.69) is 0 Å². The second kappa shape index (κ2) is 9.36. The zero-order valence-electron chi connectivity index (χ0n) is 16.1. The molecule has 0 aromatic heterocycles. The molecule has 1 aliphatic rings. The molecule has 1 heterocycles. The van der Waals surface area contributed by atoms with Crippen molar-refractivity contribution in [2.24, 2.45) is 5.92 Å². The van der Waals surface area contributed by atoms with Crippen LogP contribution >= 0.6 is 0 Å². The Morgan fingerprint density at radius 3 is 2.50 bits per heavy atom. The topological polar surface area (TPSA) is 92.7 Å². The van der Waals surface area contributed by atoms with Gasteiger partial charge < -0.3 is 19.4 Å². The van der Waals surface area contributed by atoms with Crippen molar-refractivity contribution < 1.29 is 29.0 Å². The summed E-state index contributed by atoms with van der Waals surface area (Å²) in [7, 11) is 0. The van der Waals surface area contributed by atoms with Crippen LogP contribution in [0.15, 0.2) is 18.2 Å². The first kappa shape index (κ1) is 21.7. The Morgan fingerprint density at radius 2 is 1.96 bits per heavy atom. The fourth-order valence-corrected chi connectivity index (χ4v) is 2.31. The van der Waals surface area contributed by atoms with Gasteiger partial charge in [0.15, 0.2) is 0 Å². The fraction of sp³-hybridized carbons (Fsp3) is 0.550. The third-order valence-electron chi connectivity index (χ3n) is 3.73. The van der Waals surface area contributed by atoms with Gasteiger partial charge in [-0.05, 0) is 39.2 Å². The summed E-state index contributed by atoms with van der Waals surface area (Å²) in [6.45, 7) is 9.31. The van der Waals surface area contributed by atoms with Crippen molar-refractivity contribution in [3.05, 3.63) is 34.9 Å². The first-order chi connectivity index (χ1) is 12.1. The van der Waals surface area contributed by atoms with Crippen LogP contribution in [0.2, 0.25) is 0 Å². The number of aliphatic carboxylic acids is 1. The molecule has 6 nitrogen and oxygen atoms in total. The number of rotatable bonds is 5. The highest BCUT2D eigenvalue weighted by molar-refractivity contribution is 6.05. The lowest BCUT2D eigenvalue weighted by molar-refractivity contribution is -0.311. The van der Waals surface area contributed by atoms with Crippen molar-refractivity contribution >= 4 is 17.9 Å². The van der Waals surface area contributed by atoms with E-state index in [0.717, 1.165) is 24.8 Å². The smallest absolute Gasteiger partial charge is 0.339 e. The molecule has 1 atom stereocenters. The van der Waals surface area contributed by atoms with E-state index in [1.54, 1.807) is 45.9 Å². The zero-order chi connectivity index (χ0) is 19.9. The van der Waals surface area contributed by atoms with Gasteiger partial charge in [0.2, 0.25) is 0 Å². The third kappa shape index (κ3) is 6.50. The summed E-state index contributed by atoms with van der Waals surface area (Å²) >= 11 is 0. The van der Waals surface area contributed by atoms with Gasteiger partial charge in [-0.15, -0.1) is 0 Å². The van der Waals surface area contributed by atoms with Crippen molar-refractivity contribution in [3.8, 4) is 0 Å². The highest BCUT2D eigenvalue weighted by atomic mass is 16.6. The molecule has 1 unspecified atom stereocenters. The number of carboxylic acids is 1. The van der Waals surface area contributed by atoms with Crippen LogP contribution in [-0.2, 0) is 20.9 Å². The number of unbranched alkanes of at least 4 members (excludes halogenated alkanes) is 1. The molecule has 144 valence electrons. The maximum Gasteiger partial charge on any atom is 0.339 e. The summed E-state index contributed by atoms with van der Waals surface area (Å²) in [5.74, 6) is -2.15. The van der Waals surface area contributed by atoms with Crippen LogP contribution in [0.25, 0.3) is 0 Å². The summed E-state index contributed by atoms with van der Waals surface area (Å²) in [6.07, 6.45) is 2.78. The normalized spacial score (nSPS) is 13.8. The van der Waals surface area contributed by atoms with Crippen molar-refractivity contribution in [1.29, 1.82) is 0 Å². The van der Waals surface area contributed by atoms with Gasteiger partial charge in [-0.3, -0.25) is 0 Å². The Balaban J connectivity index is 0.000000321. The van der Waals surface area contributed by atoms with Crippen molar-refractivity contribution in [2.45, 2.75) is 66.1 Å². The number of carbonyl (C=O) groups is 3. The molecule has 0 radical (unpaired) electrons. The predicted molar refractivity (Wildman–Crippen MR) is 94.4 cm³/mol. The van der Waals surface area contributed by atoms with Crippen LogP contribution in [0.1, 0.15) is 80.2 Å². The Bertz CT molecular complexity index is 657. The number of cyclic esters (lactones) is 1. The van der Waals surface area contributed by atoms with Crippen LogP contribution in [0.4, 0.5) is 0 Å². The molecule has 0 N–H and O–H groups in total. The Morgan fingerprint density at radius 1 is 1.31 bits per heavy atom. The van der Waals surface area contributed by atoms with Crippen LogP contribution in [0.3, 0.4) is 0 Å². The molecule has 1 aromatic rings. The average Bonchev–Trinajstić information content (AvgIpc) is 2.93. The van der Waals surface area contributed by atoms with E-state index in [1.807, 2.05) is 6.92 Å². The van der Waals surface area contributed by atoms with Crippen LogP contribution in [0.5, 0.6) is 0 Å². The van der Waals surface area contributed by atoms with E-state index in [4.69, 9.17) is 9.47 Å². The van der Waals surface area contributed by atoms with Gasteiger partial charge in [0.05, 0.1) is 11.1 Å². The zero-order valence-corrected chi connectivity index (χ0v) is 16.1. The first-order valence-corrected chi connectivity index (χ1v) is 8.80. The number of esters is 2. The van der Waals surface area contributed by atoms with Gasteiger partial charge in [-0.2, -0.15) is 0 Å². The molecular formula is C20H27O6-. The lowest BCUT2D eigenvalue weighted by Gasteiger charge is -2.19. The van der Waals surface area contributed by atoms with E-state index >= 15 is 0 Å². The van der Waals surface area contributed by atoms with Crippen LogP contribution in [-0.4, -0.2) is 23.5 Å². The van der Waals surface area contributed by atoms with Gasteiger partial charge in [-0.1, -0.05) is 38.8 Å². The minimum Gasteiger partial charge on any atom is -0.550 e. The third-order valence-corrected chi connectivity index (χ3v) is 3.73. The number of carboxylic acid groups (broad SMARTS) is 1. The average molecular weight is 363 g/mol. The van der Waals surface area contributed by atoms with Gasteiger partial charge in [-0.25, -0.2) is 9.59 Å². The van der Waals surface area contributed by atoms with Crippen molar-refractivity contribution in [3.63, 3.8) is 0 Å². The molecule has 0 amide bonds. The standard InChI is InChI=1S/C13H14O4.C7H14O2/c1-13(2,3)17-11(14)9-6-4-5-8-7-16-12(15)10(8)9;1-3-4-5-6(2)7(8)9/h4-6H,7H2,1-3H3;6H,3-5H2,1-2H3,(H,8,9)/p-1. The molecule has 1 aromatic carbocycles. The predicted octanol–water partition coefficient (Wildman–Crippen LogP) is 2.87. The Kier molecular flexibility index (Phi) is 7.80. The molecule has 0 saturated carbocycles. The molecule has 0 spiro atoms. The summed E-state index contributed by atoms with van der Waals surface area (Å²) in [4.78, 5) is 33.6. The summed E-state index contributed by atoms with van der Waals surface area (Å²) in [5, 5.41) is 10.1. The lowest BCUT2D eigenvalue weighted by atomic mass is 10.0. The van der Waals surface area contributed by atoms with E-state index in [0.29, 0.717) is 5.56 Å². The van der Waals surface area contributed by atoms with Gasteiger partial charge >= 0.3 is 11.9 Å². The van der Waals surface area contributed by atoms with Gasteiger partial charge in [0.25, 0.3) is 0 Å². The molecule has 26 heavy (non-hydrogen) atoms. The molecule has 0 saturated heterocycles. The Labute approximate surface area is 154 Å². The summed E-state index contributed by atoms with van der Waals surface area (Å²) < 4.78 is 10.1. The number of ether oxygens (including phenoxy) is 2. The lowest BCUT2D eigenvalue weighted by Crippen LogP contribution is -2.29. The van der Waals surface area contributed by atoms with Gasteiger partial charge in [0.1, 0.15) is 12.2 Å². The van der Waals surface area contributed by atoms with Crippen LogP contribution in [0, 0.1) is 5.92 Å². The molecule has 0 aliphatic carbocycles. The summed E-state index contributed by atoms with van der Waals surface area (Å²) in [5.41, 5.74) is 0.766. The summed E-state index contributed by atoms with van der Waals surface area (Å²) in [6, 6.07) is 5.08. The Hall–Kier alpha value is -2.37. The molecule has 0 fully saturated rings. The van der Waals surface area contributed by atoms with E-state index < -0.39 is 23.5 Å².